The van der Waals surface area contributed by atoms with Gasteiger partial charge in [0.15, 0.2) is 0 Å². The molecule has 0 bridgehead atoms. The van der Waals surface area contributed by atoms with Crippen molar-refractivity contribution in [2.45, 2.75) is 19.4 Å². The van der Waals surface area contributed by atoms with Crippen LogP contribution in [0.15, 0.2) is 24.3 Å². The van der Waals surface area contributed by atoms with Crippen LogP contribution in [0.25, 0.3) is 0 Å². The number of carbonyl (C=O) groups is 1. The number of nitrogens with two attached hydrogens (primary N) is 1. The Bertz CT molecular complexity index is 320. The van der Waals surface area contributed by atoms with Crippen molar-refractivity contribution in [3.63, 3.8) is 0 Å². The molecule has 0 radical (unpaired) electrons. The van der Waals surface area contributed by atoms with Crippen molar-refractivity contribution in [3.05, 3.63) is 29.8 Å². The second-order valence-corrected chi connectivity index (χ2v) is 3.49. The summed E-state index contributed by atoms with van der Waals surface area (Å²) in [4.78, 5) is 10.9. The van der Waals surface area contributed by atoms with Crippen LogP contribution in [0, 0.1) is 0 Å². The zero-order valence-electron chi connectivity index (χ0n) is 8.99. The fourth-order valence-corrected chi connectivity index (χ4v) is 1.26. The number of hydrogen-bond acceptors (Lipinski definition) is 3. The van der Waals surface area contributed by atoms with Crippen LogP contribution in [0.1, 0.15) is 12.5 Å². The smallest absolute Gasteiger partial charge is 0.411 e. The van der Waals surface area contributed by atoms with E-state index in [1.54, 1.807) is 0 Å². The van der Waals surface area contributed by atoms with Gasteiger partial charge in [-0.1, -0.05) is 12.1 Å². The van der Waals surface area contributed by atoms with E-state index >= 15 is 0 Å². The highest BCUT2D eigenvalue weighted by Crippen LogP contribution is 2.10. The molecule has 0 aliphatic carbocycles. The first-order valence-corrected chi connectivity index (χ1v) is 4.81. The summed E-state index contributed by atoms with van der Waals surface area (Å²) in [6, 6.07) is 7.68. The molecule has 1 aromatic carbocycles. The molecule has 0 fully saturated rings. The van der Waals surface area contributed by atoms with Crippen molar-refractivity contribution in [1.82, 2.24) is 0 Å². The Morgan fingerprint density at radius 1 is 1.47 bits per heavy atom. The van der Waals surface area contributed by atoms with E-state index in [1.807, 2.05) is 31.2 Å². The molecule has 4 heteroatoms. The number of ether oxygens (including phenoxy) is 1. The molecule has 0 saturated carbocycles. The summed E-state index contributed by atoms with van der Waals surface area (Å²) in [5.74, 6) is 0. The monoisotopic (exact) mass is 208 g/mol. The molecule has 0 aromatic heterocycles. The Hall–Kier alpha value is -1.55. The minimum absolute atomic E-state index is 0.143. The number of hydrogen-bond donors (Lipinski definition) is 2. The average molecular weight is 208 g/mol. The summed E-state index contributed by atoms with van der Waals surface area (Å²) >= 11 is 0. The van der Waals surface area contributed by atoms with E-state index in [2.05, 4.69) is 10.1 Å². The lowest BCUT2D eigenvalue weighted by atomic mass is 10.1. The molecule has 0 aliphatic heterocycles. The normalized spacial score (nSPS) is 11.9. The van der Waals surface area contributed by atoms with Crippen LogP contribution < -0.4 is 11.1 Å². The molecule has 1 amide bonds. The largest absolute Gasteiger partial charge is 0.453 e. The van der Waals surface area contributed by atoms with Gasteiger partial charge in [0.25, 0.3) is 0 Å². The highest BCUT2D eigenvalue weighted by atomic mass is 16.5. The second-order valence-electron chi connectivity index (χ2n) is 3.49. The lowest BCUT2D eigenvalue weighted by Gasteiger charge is -2.07. The molecule has 1 unspecified atom stereocenters. The molecule has 0 spiro atoms. The van der Waals surface area contributed by atoms with Gasteiger partial charge in [0.05, 0.1) is 7.11 Å². The number of amides is 1. The molecule has 4 nitrogen and oxygen atoms in total. The molecule has 15 heavy (non-hydrogen) atoms. The van der Waals surface area contributed by atoms with Crippen LogP contribution >= 0.6 is 0 Å². The third kappa shape index (κ3) is 3.99. The van der Waals surface area contributed by atoms with Crippen molar-refractivity contribution in [1.29, 1.82) is 0 Å². The summed E-state index contributed by atoms with van der Waals surface area (Å²) in [7, 11) is 1.33. The maximum absolute atomic E-state index is 10.9. The Morgan fingerprint density at radius 2 is 2.07 bits per heavy atom. The van der Waals surface area contributed by atoms with Gasteiger partial charge >= 0.3 is 6.09 Å². The van der Waals surface area contributed by atoms with Crippen LogP contribution in [0.3, 0.4) is 0 Å². The molecule has 1 aromatic rings. The van der Waals surface area contributed by atoms with Crippen molar-refractivity contribution in [2.24, 2.45) is 5.73 Å². The summed E-state index contributed by atoms with van der Waals surface area (Å²) in [6.07, 6.45) is 0.369. The third-order valence-corrected chi connectivity index (χ3v) is 1.94. The van der Waals surface area contributed by atoms with Gasteiger partial charge in [-0.15, -0.1) is 0 Å². The summed E-state index contributed by atoms with van der Waals surface area (Å²) in [5, 5.41) is 2.58. The number of anilines is 1. The SMILES string of the molecule is COC(=O)Nc1ccc(CC(C)N)cc1. The quantitative estimate of drug-likeness (QED) is 0.795. The Labute approximate surface area is 89.4 Å². The topological polar surface area (TPSA) is 64.3 Å². The van der Waals surface area contributed by atoms with E-state index in [4.69, 9.17) is 5.73 Å². The maximum Gasteiger partial charge on any atom is 0.411 e. The first-order valence-electron chi connectivity index (χ1n) is 4.81. The molecule has 82 valence electrons. The van der Waals surface area contributed by atoms with Crippen LogP contribution in [0.4, 0.5) is 10.5 Å². The van der Waals surface area contributed by atoms with Crippen LogP contribution in [0.2, 0.25) is 0 Å². The summed E-state index contributed by atoms with van der Waals surface area (Å²) in [6.45, 7) is 1.96. The fraction of sp³-hybridized carbons (Fsp3) is 0.364. The van der Waals surface area contributed by atoms with Crippen LogP contribution in [0.5, 0.6) is 0 Å². The van der Waals surface area contributed by atoms with Gasteiger partial charge in [0.1, 0.15) is 0 Å². The number of rotatable bonds is 3. The van der Waals surface area contributed by atoms with E-state index in [0.717, 1.165) is 17.7 Å². The van der Waals surface area contributed by atoms with Gasteiger partial charge in [-0.25, -0.2) is 4.79 Å². The predicted molar refractivity (Wildman–Crippen MR) is 59.8 cm³/mol. The Kier molecular flexibility index (Phi) is 4.12. The predicted octanol–water partition coefficient (Wildman–Crippen LogP) is 1.75. The van der Waals surface area contributed by atoms with Gasteiger partial charge in [-0.3, -0.25) is 5.32 Å². The van der Waals surface area contributed by atoms with E-state index < -0.39 is 6.09 Å². The Morgan fingerprint density at radius 3 is 2.53 bits per heavy atom. The van der Waals surface area contributed by atoms with Gasteiger partial charge < -0.3 is 10.5 Å². The van der Waals surface area contributed by atoms with E-state index in [9.17, 15) is 4.79 Å². The lowest BCUT2D eigenvalue weighted by Crippen LogP contribution is -2.17. The highest BCUT2D eigenvalue weighted by Gasteiger charge is 2.01. The summed E-state index contributed by atoms with van der Waals surface area (Å²) < 4.78 is 4.48. The molecular formula is C11H16N2O2. The van der Waals surface area contributed by atoms with E-state index in [1.165, 1.54) is 7.11 Å². The molecule has 0 heterocycles. The maximum atomic E-state index is 10.9. The second kappa shape index (κ2) is 5.36. The lowest BCUT2D eigenvalue weighted by molar-refractivity contribution is 0.187. The number of nitrogens with one attached hydrogen (secondary N) is 1. The zero-order valence-corrected chi connectivity index (χ0v) is 8.99. The fourth-order valence-electron chi connectivity index (χ4n) is 1.26. The number of methoxy groups -OCH3 is 1. The van der Waals surface area contributed by atoms with Crippen molar-refractivity contribution < 1.29 is 9.53 Å². The zero-order chi connectivity index (χ0) is 11.3. The van der Waals surface area contributed by atoms with Crippen molar-refractivity contribution in [3.8, 4) is 0 Å². The minimum atomic E-state index is -0.463. The van der Waals surface area contributed by atoms with E-state index in [0.29, 0.717) is 0 Å². The molecule has 3 N–H and O–H groups in total. The first kappa shape index (κ1) is 11.5. The number of benzene rings is 1. The van der Waals surface area contributed by atoms with Crippen LogP contribution in [-0.4, -0.2) is 19.2 Å². The molecular weight excluding hydrogens is 192 g/mol. The minimum Gasteiger partial charge on any atom is -0.453 e. The molecule has 1 atom stereocenters. The molecule has 1 rings (SSSR count). The molecule has 0 saturated heterocycles. The standard InChI is InChI=1S/C11H16N2O2/c1-8(12)7-9-3-5-10(6-4-9)13-11(14)15-2/h3-6,8H,7,12H2,1-2H3,(H,13,14). The highest BCUT2D eigenvalue weighted by molar-refractivity contribution is 5.84. The van der Waals surface area contributed by atoms with Gasteiger partial charge in [-0.05, 0) is 31.0 Å². The van der Waals surface area contributed by atoms with Gasteiger partial charge in [-0.2, -0.15) is 0 Å². The third-order valence-electron chi connectivity index (χ3n) is 1.94. The van der Waals surface area contributed by atoms with Crippen molar-refractivity contribution in [2.75, 3.05) is 12.4 Å². The van der Waals surface area contributed by atoms with Gasteiger partial charge in [0, 0.05) is 11.7 Å². The first-order chi connectivity index (χ1) is 7.11. The van der Waals surface area contributed by atoms with Crippen molar-refractivity contribution >= 4 is 11.8 Å². The van der Waals surface area contributed by atoms with Crippen LogP contribution in [-0.2, 0) is 11.2 Å². The molecule has 0 aliphatic rings. The van der Waals surface area contributed by atoms with E-state index in [-0.39, 0.29) is 6.04 Å². The summed E-state index contributed by atoms with van der Waals surface area (Å²) in [5.41, 5.74) is 7.55. The number of carbonyl (C=O) groups excluding carboxylic acids is 1. The average Bonchev–Trinajstić information content (AvgIpc) is 2.20. The Balaban J connectivity index is 2.60. The van der Waals surface area contributed by atoms with Gasteiger partial charge in [0.2, 0.25) is 0 Å².